The van der Waals surface area contributed by atoms with E-state index in [2.05, 4.69) is 21.2 Å². The van der Waals surface area contributed by atoms with Crippen LogP contribution in [0.4, 0.5) is 10.7 Å². The molecular formula is C22H27N5O9. The fourth-order valence-corrected chi connectivity index (χ4v) is 2.74. The summed E-state index contributed by atoms with van der Waals surface area (Å²) in [6.07, 6.45) is 0.0585. The molecule has 36 heavy (non-hydrogen) atoms. The number of aromatic hydroxyl groups is 1. The molecule has 0 spiro atoms. The fourth-order valence-electron chi connectivity index (χ4n) is 2.74. The van der Waals surface area contributed by atoms with Crippen molar-refractivity contribution in [3.8, 4) is 5.75 Å². The summed E-state index contributed by atoms with van der Waals surface area (Å²) in [5, 5.41) is 38.1. The van der Waals surface area contributed by atoms with Crippen LogP contribution >= 0.6 is 0 Å². The zero-order valence-electron chi connectivity index (χ0n) is 19.8. The Morgan fingerprint density at radius 3 is 2.33 bits per heavy atom. The van der Waals surface area contributed by atoms with Crippen molar-refractivity contribution in [3.63, 3.8) is 0 Å². The van der Waals surface area contributed by atoms with Gasteiger partial charge in [0.05, 0.1) is 18.9 Å². The van der Waals surface area contributed by atoms with Gasteiger partial charge in [0, 0.05) is 6.42 Å². The Balaban J connectivity index is 2.12. The second-order valence-corrected chi connectivity index (χ2v) is 8.48. The van der Waals surface area contributed by atoms with Crippen molar-refractivity contribution in [1.29, 1.82) is 0 Å². The number of nitro groups is 1. The maximum Gasteiger partial charge on any atom is 0.433 e. The van der Waals surface area contributed by atoms with Crippen LogP contribution in [-0.2, 0) is 20.7 Å². The first-order valence-corrected chi connectivity index (χ1v) is 10.6. The van der Waals surface area contributed by atoms with Crippen molar-refractivity contribution in [3.05, 3.63) is 57.8 Å². The molecule has 0 aliphatic heterocycles. The van der Waals surface area contributed by atoms with Crippen molar-refractivity contribution in [1.82, 2.24) is 16.1 Å². The molecular weight excluding hydrogens is 478 g/mol. The number of ether oxygens (including phenoxy) is 1. The number of hydrogen-bond acceptors (Lipinski definition) is 10. The van der Waals surface area contributed by atoms with E-state index in [0.29, 0.717) is 5.56 Å². The summed E-state index contributed by atoms with van der Waals surface area (Å²) in [5.41, 5.74) is 1.93. The summed E-state index contributed by atoms with van der Waals surface area (Å²) in [5.74, 6) is -2.14. The highest BCUT2D eigenvalue weighted by Crippen LogP contribution is 2.14. The summed E-state index contributed by atoms with van der Waals surface area (Å²) in [6.45, 7) is 4.11. The van der Waals surface area contributed by atoms with Crippen LogP contribution in [0.3, 0.4) is 0 Å². The summed E-state index contributed by atoms with van der Waals surface area (Å²) in [7, 11) is 0. The molecule has 14 heteroatoms. The van der Waals surface area contributed by atoms with Crippen LogP contribution in [-0.4, -0.2) is 63.6 Å². The molecule has 0 unspecified atom stereocenters. The maximum absolute atomic E-state index is 12.8. The predicted molar refractivity (Wildman–Crippen MR) is 125 cm³/mol. The molecule has 1 aromatic carbocycles. The van der Waals surface area contributed by atoms with E-state index >= 15 is 0 Å². The van der Waals surface area contributed by atoms with E-state index in [9.17, 15) is 34.7 Å². The number of phenolic OH excluding ortho intramolecular Hbond substituents is 1. The molecule has 14 nitrogen and oxygen atoms in total. The molecule has 194 valence electrons. The van der Waals surface area contributed by atoms with Crippen LogP contribution in [0.5, 0.6) is 5.75 Å². The lowest BCUT2D eigenvalue weighted by atomic mass is 10.0. The van der Waals surface area contributed by atoms with Crippen molar-refractivity contribution in [2.75, 3.05) is 6.61 Å². The van der Waals surface area contributed by atoms with Gasteiger partial charge in [-0.1, -0.05) is 12.1 Å². The van der Waals surface area contributed by atoms with Crippen LogP contribution in [0.25, 0.3) is 0 Å². The third-order valence-electron chi connectivity index (χ3n) is 4.36. The monoisotopic (exact) mass is 505 g/mol. The van der Waals surface area contributed by atoms with Gasteiger partial charge in [0.2, 0.25) is 5.91 Å². The molecule has 2 aromatic rings. The predicted octanol–water partition coefficient (Wildman–Crippen LogP) is 0.957. The van der Waals surface area contributed by atoms with E-state index in [0.717, 1.165) is 12.3 Å². The smallest absolute Gasteiger partial charge is 0.433 e. The molecule has 1 aromatic heterocycles. The first kappa shape index (κ1) is 27.8. The van der Waals surface area contributed by atoms with Crippen LogP contribution in [0.2, 0.25) is 0 Å². The van der Waals surface area contributed by atoms with Gasteiger partial charge in [0.25, 0.3) is 5.91 Å². The minimum atomic E-state index is -1.41. The number of nitrogens with one attached hydrogen (secondary N) is 3. The molecule has 2 atom stereocenters. The fraction of sp³-hybridized carbons (Fsp3) is 0.364. The molecule has 5 N–H and O–H groups in total. The number of carbonyl (C=O) groups is 3. The van der Waals surface area contributed by atoms with Gasteiger partial charge in [-0.05, 0) is 44.5 Å². The van der Waals surface area contributed by atoms with Crippen LogP contribution in [0.1, 0.15) is 32.1 Å². The number of aliphatic hydroxyl groups is 1. The normalized spacial score (nSPS) is 13.0. The van der Waals surface area contributed by atoms with E-state index in [1.165, 1.54) is 30.3 Å². The Morgan fingerprint density at radius 1 is 1.11 bits per heavy atom. The van der Waals surface area contributed by atoms with E-state index in [1.807, 2.05) is 0 Å². The zero-order valence-corrected chi connectivity index (χ0v) is 19.8. The second-order valence-electron chi connectivity index (χ2n) is 8.48. The molecule has 0 aliphatic rings. The third kappa shape index (κ3) is 9.06. The van der Waals surface area contributed by atoms with Crippen molar-refractivity contribution in [2.45, 2.75) is 44.9 Å². The number of phenols is 1. The molecule has 0 aliphatic carbocycles. The zero-order chi connectivity index (χ0) is 26.9. The van der Waals surface area contributed by atoms with Gasteiger partial charge >= 0.3 is 12.0 Å². The van der Waals surface area contributed by atoms with Crippen LogP contribution in [0, 0.1) is 10.1 Å². The van der Waals surface area contributed by atoms with Crippen molar-refractivity contribution >= 4 is 30.0 Å². The Kier molecular flexibility index (Phi) is 9.50. The Morgan fingerprint density at radius 2 is 1.78 bits per heavy atom. The first-order valence-electron chi connectivity index (χ1n) is 10.6. The number of hydrogen-bond donors (Lipinski definition) is 5. The number of nitrogens with zero attached hydrogens (tertiary/aromatic N) is 2. The van der Waals surface area contributed by atoms with Gasteiger partial charge in [-0.25, -0.2) is 10.2 Å². The number of carbonyl (C=O) groups excluding carboxylic acids is 3. The molecule has 0 fully saturated rings. The van der Waals surface area contributed by atoms with Gasteiger partial charge in [0.15, 0.2) is 5.76 Å². The first-order chi connectivity index (χ1) is 16.9. The summed E-state index contributed by atoms with van der Waals surface area (Å²) < 4.78 is 9.98. The van der Waals surface area contributed by atoms with Crippen LogP contribution < -0.4 is 16.1 Å². The highest BCUT2D eigenvalue weighted by molar-refractivity contribution is 5.92. The SMILES string of the molecule is CC(C)(C)OC(=O)N[C@@H](CO)C(=O)N[C@@H](Cc1ccc(O)cc1)C(=O)N/N=C\c1ccc([N+](=O)[O-])o1. The Hall–Kier alpha value is -4.46. The highest BCUT2D eigenvalue weighted by atomic mass is 16.6. The van der Waals surface area contributed by atoms with E-state index in [4.69, 9.17) is 9.15 Å². The molecule has 0 bridgehead atoms. The Labute approximate surface area is 205 Å². The number of rotatable bonds is 10. The average molecular weight is 505 g/mol. The Bertz CT molecular complexity index is 1110. The van der Waals surface area contributed by atoms with Gasteiger partial charge in [-0.2, -0.15) is 5.10 Å². The summed E-state index contributed by atoms with van der Waals surface area (Å²) >= 11 is 0. The standard InChI is InChI=1S/C22H27N5O9/c1-22(2,3)36-21(32)25-17(12-28)19(30)24-16(10-13-4-6-14(29)7-5-13)20(31)26-23-11-15-8-9-18(35-15)27(33)34/h4-9,11,16-17,28-29H,10,12H2,1-3H3,(H,24,30)(H,25,32)(H,26,31)/b23-11-/t16-,17-/m0/s1. The molecule has 1 heterocycles. The summed E-state index contributed by atoms with van der Waals surface area (Å²) in [4.78, 5) is 47.4. The molecule has 0 saturated heterocycles. The maximum atomic E-state index is 12.8. The second kappa shape index (κ2) is 12.3. The van der Waals surface area contributed by atoms with Gasteiger partial charge in [0.1, 0.15) is 28.4 Å². The highest BCUT2D eigenvalue weighted by Gasteiger charge is 2.28. The largest absolute Gasteiger partial charge is 0.508 e. The third-order valence-corrected chi connectivity index (χ3v) is 4.36. The van der Waals surface area contributed by atoms with E-state index in [1.54, 1.807) is 20.8 Å². The topological polar surface area (TPSA) is 206 Å². The van der Waals surface area contributed by atoms with Crippen molar-refractivity contribution < 1.29 is 38.7 Å². The molecule has 0 radical (unpaired) electrons. The lowest BCUT2D eigenvalue weighted by Gasteiger charge is -2.24. The van der Waals surface area contributed by atoms with Gasteiger partial charge in [-0.3, -0.25) is 19.7 Å². The van der Waals surface area contributed by atoms with Crippen molar-refractivity contribution in [2.24, 2.45) is 5.10 Å². The quantitative estimate of drug-likeness (QED) is 0.177. The number of benzene rings is 1. The minimum absolute atomic E-state index is 0.00262. The molecule has 2 rings (SSSR count). The molecule has 0 saturated carbocycles. The number of alkyl carbamates (subject to hydrolysis) is 1. The lowest BCUT2D eigenvalue weighted by Crippen LogP contribution is -2.55. The number of hydrazone groups is 1. The lowest BCUT2D eigenvalue weighted by molar-refractivity contribution is -0.402. The number of aliphatic hydroxyl groups excluding tert-OH is 1. The van der Waals surface area contributed by atoms with E-state index < -0.39 is 53.0 Å². The molecule has 3 amide bonds. The van der Waals surface area contributed by atoms with Crippen LogP contribution in [0.15, 0.2) is 45.9 Å². The van der Waals surface area contributed by atoms with Gasteiger partial charge < -0.3 is 30.0 Å². The number of furan rings is 1. The minimum Gasteiger partial charge on any atom is -0.508 e. The van der Waals surface area contributed by atoms with Gasteiger partial charge in [-0.15, -0.1) is 0 Å². The van der Waals surface area contributed by atoms with E-state index in [-0.39, 0.29) is 17.9 Å². The number of amides is 3. The summed E-state index contributed by atoms with van der Waals surface area (Å²) in [6, 6.07) is 5.62. The average Bonchev–Trinajstić information content (AvgIpc) is 3.26.